The second-order valence-corrected chi connectivity index (χ2v) is 3.55. The van der Waals surface area contributed by atoms with E-state index in [2.05, 4.69) is 5.92 Å². The summed E-state index contributed by atoms with van der Waals surface area (Å²) in [6, 6.07) is 9.84. The van der Waals surface area contributed by atoms with Gasteiger partial charge in [-0.2, -0.15) is 0 Å². The number of hydrogen-bond acceptors (Lipinski definition) is 3. The summed E-state index contributed by atoms with van der Waals surface area (Å²) in [5.41, 5.74) is 1.03. The molecule has 1 aliphatic rings. The zero-order valence-electron chi connectivity index (χ0n) is 8.96. The van der Waals surface area contributed by atoms with E-state index >= 15 is 0 Å². The molecule has 0 spiro atoms. The van der Waals surface area contributed by atoms with E-state index in [1.54, 1.807) is 0 Å². The van der Waals surface area contributed by atoms with Crippen LogP contribution < -0.4 is 0 Å². The molecule has 84 valence electrons. The quantitative estimate of drug-likeness (QED) is 0.723. The number of hydrogen-bond donors (Lipinski definition) is 0. The first kappa shape index (κ1) is 11.2. The van der Waals surface area contributed by atoms with Crippen molar-refractivity contribution >= 4 is 0 Å². The fourth-order valence-corrected chi connectivity index (χ4v) is 1.55. The van der Waals surface area contributed by atoms with Crippen molar-refractivity contribution in [3.63, 3.8) is 0 Å². The molecule has 1 aliphatic heterocycles. The number of terminal acetylenes is 1. The molecule has 1 saturated heterocycles. The Hall–Kier alpha value is -1.34. The van der Waals surface area contributed by atoms with E-state index in [0.29, 0.717) is 19.8 Å². The van der Waals surface area contributed by atoms with Crippen molar-refractivity contribution in [3.05, 3.63) is 35.9 Å². The summed E-state index contributed by atoms with van der Waals surface area (Å²) in [4.78, 5) is 0. The summed E-state index contributed by atoms with van der Waals surface area (Å²) in [5.74, 6) is 2.42. The van der Waals surface area contributed by atoms with Crippen LogP contribution >= 0.6 is 0 Å². The lowest BCUT2D eigenvalue weighted by Gasteiger charge is -2.29. The molecule has 0 aliphatic carbocycles. The molecule has 16 heavy (non-hydrogen) atoms. The maximum absolute atomic E-state index is 5.56. The average molecular weight is 218 g/mol. The third kappa shape index (κ3) is 2.83. The Morgan fingerprint density at radius 2 is 1.94 bits per heavy atom. The molecule has 0 aromatic heterocycles. The van der Waals surface area contributed by atoms with Gasteiger partial charge in [0.05, 0.1) is 13.2 Å². The third-order valence-corrected chi connectivity index (χ3v) is 2.34. The van der Waals surface area contributed by atoms with Crippen LogP contribution in [0.15, 0.2) is 30.3 Å². The molecular weight excluding hydrogens is 204 g/mol. The van der Waals surface area contributed by atoms with E-state index in [1.165, 1.54) is 0 Å². The number of benzene rings is 1. The van der Waals surface area contributed by atoms with Crippen LogP contribution in [0, 0.1) is 12.3 Å². The van der Waals surface area contributed by atoms with E-state index < -0.39 is 0 Å². The van der Waals surface area contributed by atoms with Gasteiger partial charge in [0.2, 0.25) is 0 Å². The molecule has 2 rings (SSSR count). The van der Waals surface area contributed by atoms with Gasteiger partial charge in [0.25, 0.3) is 0 Å². The summed E-state index contributed by atoms with van der Waals surface area (Å²) >= 11 is 0. The van der Waals surface area contributed by atoms with Crippen molar-refractivity contribution in [2.24, 2.45) is 0 Å². The third-order valence-electron chi connectivity index (χ3n) is 2.34. The van der Waals surface area contributed by atoms with E-state index in [-0.39, 0.29) is 12.4 Å². The second kappa shape index (κ2) is 5.66. The number of ether oxygens (including phenoxy) is 3. The molecule has 0 atom stereocenters. The summed E-state index contributed by atoms with van der Waals surface area (Å²) in [6.45, 7) is 1.33. The van der Waals surface area contributed by atoms with Gasteiger partial charge in [-0.25, -0.2) is 0 Å². The minimum absolute atomic E-state index is 0.0592. The van der Waals surface area contributed by atoms with Crippen LogP contribution in [-0.4, -0.2) is 25.9 Å². The van der Waals surface area contributed by atoms with Gasteiger partial charge in [0.1, 0.15) is 12.7 Å². The van der Waals surface area contributed by atoms with Gasteiger partial charge >= 0.3 is 0 Å². The minimum Gasteiger partial charge on any atom is -0.361 e. The summed E-state index contributed by atoms with van der Waals surface area (Å²) in [7, 11) is 0. The first-order valence-electron chi connectivity index (χ1n) is 5.23. The lowest BCUT2D eigenvalue weighted by molar-refractivity contribution is -0.228. The summed E-state index contributed by atoms with van der Waals surface area (Å²) < 4.78 is 16.4. The first-order chi connectivity index (χ1) is 7.90. The molecule has 1 heterocycles. The molecule has 1 fully saturated rings. The Bertz CT molecular complexity index is 347. The molecule has 0 amide bonds. The highest BCUT2D eigenvalue weighted by atomic mass is 16.7. The zero-order chi connectivity index (χ0) is 11.2. The second-order valence-electron chi connectivity index (χ2n) is 3.55. The lowest BCUT2D eigenvalue weighted by atomic mass is 10.2. The molecule has 1 aromatic carbocycles. The first-order valence-corrected chi connectivity index (χ1v) is 5.23. The topological polar surface area (TPSA) is 27.7 Å². The Balaban J connectivity index is 1.84. The molecule has 0 unspecified atom stereocenters. The van der Waals surface area contributed by atoms with Crippen LogP contribution in [-0.2, 0) is 14.2 Å². The Morgan fingerprint density at radius 3 is 2.56 bits per heavy atom. The standard InChI is InChI=1S/C13H14O3/c1-2-8-14-12-9-15-13(16-10-12)11-6-4-3-5-7-11/h1,3-7,12-13H,8-10H2. The van der Waals surface area contributed by atoms with Crippen molar-refractivity contribution in [1.29, 1.82) is 0 Å². The highest BCUT2D eigenvalue weighted by molar-refractivity contribution is 5.16. The fourth-order valence-electron chi connectivity index (χ4n) is 1.55. The van der Waals surface area contributed by atoms with Crippen LogP contribution in [0.25, 0.3) is 0 Å². The minimum atomic E-state index is -0.285. The molecule has 1 aromatic rings. The van der Waals surface area contributed by atoms with Crippen LogP contribution in [0.4, 0.5) is 0 Å². The van der Waals surface area contributed by atoms with E-state index in [9.17, 15) is 0 Å². The maximum atomic E-state index is 5.56. The van der Waals surface area contributed by atoms with Gasteiger partial charge < -0.3 is 14.2 Å². The Kier molecular flexibility index (Phi) is 3.95. The molecule has 3 nitrogen and oxygen atoms in total. The SMILES string of the molecule is C#CCOC1COC(c2ccccc2)OC1. The summed E-state index contributed by atoms with van der Waals surface area (Å²) in [6.07, 6.45) is 4.76. The largest absolute Gasteiger partial charge is 0.361 e. The molecule has 3 heteroatoms. The molecule has 0 N–H and O–H groups in total. The van der Waals surface area contributed by atoms with E-state index in [1.807, 2.05) is 30.3 Å². The predicted molar refractivity (Wildman–Crippen MR) is 59.7 cm³/mol. The Labute approximate surface area is 95.3 Å². The highest BCUT2D eigenvalue weighted by Crippen LogP contribution is 2.23. The average Bonchev–Trinajstić information content (AvgIpc) is 2.38. The summed E-state index contributed by atoms with van der Waals surface area (Å²) in [5, 5.41) is 0. The normalized spacial score (nSPS) is 24.9. The lowest BCUT2D eigenvalue weighted by Crippen LogP contribution is -2.33. The van der Waals surface area contributed by atoms with Gasteiger partial charge in [-0.3, -0.25) is 0 Å². The van der Waals surface area contributed by atoms with E-state index in [0.717, 1.165) is 5.56 Å². The van der Waals surface area contributed by atoms with Crippen molar-refractivity contribution in [2.75, 3.05) is 19.8 Å². The van der Waals surface area contributed by atoms with Gasteiger partial charge in [0.15, 0.2) is 6.29 Å². The fraction of sp³-hybridized carbons (Fsp3) is 0.385. The molecule has 0 radical (unpaired) electrons. The predicted octanol–water partition coefficient (Wildman–Crippen LogP) is 1.75. The van der Waals surface area contributed by atoms with Crippen LogP contribution in [0.1, 0.15) is 11.9 Å². The van der Waals surface area contributed by atoms with Gasteiger partial charge in [0, 0.05) is 5.56 Å². The van der Waals surface area contributed by atoms with Gasteiger partial charge in [-0.1, -0.05) is 36.3 Å². The van der Waals surface area contributed by atoms with E-state index in [4.69, 9.17) is 20.6 Å². The van der Waals surface area contributed by atoms with Crippen LogP contribution in [0.3, 0.4) is 0 Å². The van der Waals surface area contributed by atoms with Crippen molar-refractivity contribution in [3.8, 4) is 12.3 Å². The molecule has 0 bridgehead atoms. The highest BCUT2D eigenvalue weighted by Gasteiger charge is 2.23. The van der Waals surface area contributed by atoms with Crippen LogP contribution in [0.5, 0.6) is 0 Å². The number of rotatable bonds is 3. The smallest absolute Gasteiger partial charge is 0.184 e. The van der Waals surface area contributed by atoms with Gasteiger partial charge in [-0.15, -0.1) is 6.42 Å². The van der Waals surface area contributed by atoms with Crippen molar-refractivity contribution in [2.45, 2.75) is 12.4 Å². The zero-order valence-corrected chi connectivity index (χ0v) is 8.96. The monoisotopic (exact) mass is 218 g/mol. The molecular formula is C13H14O3. The Morgan fingerprint density at radius 1 is 1.25 bits per heavy atom. The maximum Gasteiger partial charge on any atom is 0.184 e. The van der Waals surface area contributed by atoms with Crippen molar-refractivity contribution in [1.82, 2.24) is 0 Å². The van der Waals surface area contributed by atoms with Crippen molar-refractivity contribution < 1.29 is 14.2 Å². The molecule has 0 saturated carbocycles. The van der Waals surface area contributed by atoms with Crippen LogP contribution in [0.2, 0.25) is 0 Å². The van der Waals surface area contributed by atoms with Gasteiger partial charge in [-0.05, 0) is 0 Å².